The van der Waals surface area contributed by atoms with E-state index in [0.29, 0.717) is 42.2 Å². The first kappa shape index (κ1) is 20.5. The number of aromatic nitrogens is 2. The molecule has 1 aromatic carbocycles. The van der Waals surface area contributed by atoms with Gasteiger partial charge in [0.15, 0.2) is 5.82 Å². The molecule has 0 aliphatic heterocycles. The Hall–Kier alpha value is -1.77. The van der Waals surface area contributed by atoms with Crippen molar-refractivity contribution < 1.29 is 12.9 Å². The predicted molar refractivity (Wildman–Crippen MR) is 100 cm³/mol. The zero-order valence-corrected chi connectivity index (χ0v) is 16.7. The van der Waals surface area contributed by atoms with Crippen LogP contribution < -0.4 is 5.32 Å². The summed E-state index contributed by atoms with van der Waals surface area (Å²) in [4.78, 5) is 4.72. The van der Waals surface area contributed by atoms with Crippen molar-refractivity contribution in [1.82, 2.24) is 19.8 Å². The summed E-state index contributed by atoms with van der Waals surface area (Å²) in [6.45, 7) is 6.67. The fourth-order valence-corrected chi connectivity index (χ4v) is 4.10. The molecule has 0 radical (unpaired) electrons. The molecule has 0 aliphatic rings. The predicted octanol–water partition coefficient (Wildman–Crippen LogP) is 2.04. The Morgan fingerprint density at radius 1 is 1.15 bits per heavy atom. The third-order valence-electron chi connectivity index (χ3n) is 4.39. The summed E-state index contributed by atoms with van der Waals surface area (Å²) >= 11 is 0. The van der Waals surface area contributed by atoms with Crippen molar-refractivity contribution in [2.24, 2.45) is 0 Å². The van der Waals surface area contributed by atoms with Gasteiger partial charge in [-0.05, 0) is 38.1 Å². The van der Waals surface area contributed by atoms with Gasteiger partial charge in [-0.25, -0.2) is 8.42 Å². The van der Waals surface area contributed by atoms with E-state index in [-0.39, 0.29) is 0 Å². The lowest BCUT2D eigenvalue weighted by Gasteiger charge is -2.18. The highest BCUT2D eigenvalue weighted by atomic mass is 32.2. The normalized spacial score (nSPS) is 13.3. The summed E-state index contributed by atoms with van der Waals surface area (Å²) in [6, 6.07) is 7.31. The first-order valence-electron chi connectivity index (χ1n) is 8.98. The average molecular weight is 381 g/mol. The molecule has 1 N–H and O–H groups in total. The van der Waals surface area contributed by atoms with Crippen LogP contribution in [0.5, 0.6) is 0 Å². The second-order valence-electron chi connectivity index (χ2n) is 6.23. The highest BCUT2D eigenvalue weighted by molar-refractivity contribution is 7.89. The average Bonchev–Trinajstić information content (AvgIpc) is 3.08. The van der Waals surface area contributed by atoms with E-state index in [2.05, 4.69) is 22.4 Å². The number of sulfonamides is 1. The minimum absolute atomic E-state index is 0.292. The van der Waals surface area contributed by atoms with Gasteiger partial charge in [0.2, 0.25) is 15.9 Å². The number of nitrogens with one attached hydrogen (secondary N) is 1. The van der Waals surface area contributed by atoms with Crippen LogP contribution in [0.25, 0.3) is 0 Å². The lowest BCUT2D eigenvalue weighted by atomic mass is 10.1. The molecular formula is C18H28N4O3S. The highest BCUT2D eigenvalue weighted by Gasteiger charge is 2.21. The molecule has 2 aromatic rings. The van der Waals surface area contributed by atoms with Gasteiger partial charge in [0, 0.05) is 32.0 Å². The fraction of sp³-hybridized carbons (Fsp3) is 0.556. The molecule has 0 fully saturated rings. The van der Waals surface area contributed by atoms with Crippen molar-refractivity contribution >= 4 is 10.0 Å². The number of aryl methyl sites for hydroxylation is 2. The Bertz CT molecular complexity index is 783. The lowest BCUT2D eigenvalue weighted by molar-refractivity contribution is 0.371. The molecule has 7 nitrogen and oxygen atoms in total. The zero-order valence-electron chi connectivity index (χ0n) is 15.9. The van der Waals surface area contributed by atoms with Crippen molar-refractivity contribution in [2.75, 3.05) is 20.1 Å². The van der Waals surface area contributed by atoms with Crippen molar-refractivity contribution in [3.8, 4) is 0 Å². The van der Waals surface area contributed by atoms with Gasteiger partial charge >= 0.3 is 0 Å². The van der Waals surface area contributed by atoms with Gasteiger partial charge in [0.25, 0.3) is 0 Å². The first-order chi connectivity index (χ1) is 12.4. The van der Waals surface area contributed by atoms with E-state index in [1.165, 1.54) is 4.31 Å². The molecular weight excluding hydrogens is 352 g/mol. The van der Waals surface area contributed by atoms with Crippen LogP contribution in [0, 0.1) is 0 Å². The van der Waals surface area contributed by atoms with E-state index in [1.54, 1.807) is 12.1 Å². The maximum Gasteiger partial charge on any atom is 0.243 e. The van der Waals surface area contributed by atoms with Gasteiger partial charge in [0.1, 0.15) is 0 Å². The van der Waals surface area contributed by atoms with Gasteiger partial charge in [0.05, 0.1) is 4.90 Å². The van der Waals surface area contributed by atoms with Gasteiger partial charge < -0.3 is 9.84 Å². The summed E-state index contributed by atoms with van der Waals surface area (Å²) in [5.41, 5.74) is 1.03. The number of nitrogens with zero attached hydrogens (tertiary/aromatic N) is 3. The monoisotopic (exact) mass is 380 g/mol. The van der Waals surface area contributed by atoms with Crippen LogP contribution >= 0.6 is 0 Å². The molecule has 26 heavy (non-hydrogen) atoms. The van der Waals surface area contributed by atoms with Crippen molar-refractivity contribution in [1.29, 1.82) is 0 Å². The van der Waals surface area contributed by atoms with E-state index in [0.717, 1.165) is 18.4 Å². The minimum atomic E-state index is -3.41. The number of likely N-dealkylation sites (N-methyl/N-ethyl adjacent to an activating group) is 1. The van der Waals surface area contributed by atoms with Crippen LogP contribution in [0.4, 0.5) is 0 Å². The second-order valence-corrected chi connectivity index (χ2v) is 8.17. The van der Waals surface area contributed by atoms with Crippen molar-refractivity contribution in [3.05, 3.63) is 41.5 Å². The van der Waals surface area contributed by atoms with Crippen LogP contribution in [0.3, 0.4) is 0 Å². The van der Waals surface area contributed by atoms with Gasteiger partial charge in [-0.15, -0.1) is 0 Å². The summed E-state index contributed by atoms with van der Waals surface area (Å²) in [5.74, 6) is 1.30. The third-order valence-corrected chi connectivity index (χ3v) is 6.45. The van der Waals surface area contributed by atoms with Crippen LogP contribution in [0.15, 0.2) is 33.7 Å². The Labute approximate surface area is 155 Å². The molecule has 2 rings (SSSR count). The molecule has 1 atom stereocenters. The van der Waals surface area contributed by atoms with Gasteiger partial charge in [-0.1, -0.05) is 31.1 Å². The molecule has 0 saturated carbocycles. The molecule has 1 aromatic heterocycles. The molecule has 1 unspecified atom stereocenters. The summed E-state index contributed by atoms with van der Waals surface area (Å²) in [5, 5.41) is 7.13. The molecule has 0 saturated heterocycles. The zero-order chi connectivity index (χ0) is 19.2. The van der Waals surface area contributed by atoms with E-state index >= 15 is 0 Å². The number of hydrogen-bond donors (Lipinski definition) is 1. The van der Waals surface area contributed by atoms with Gasteiger partial charge in [-0.3, -0.25) is 0 Å². The smallest absolute Gasteiger partial charge is 0.243 e. The fourth-order valence-electron chi connectivity index (χ4n) is 2.64. The van der Waals surface area contributed by atoms with Gasteiger partial charge in [-0.2, -0.15) is 9.29 Å². The van der Waals surface area contributed by atoms with E-state index in [1.807, 2.05) is 33.0 Å². The van der Waals surface area contributed by atoms with Crippen molar-refractivity contribution in [2.45, 2.75) is 51.0 Å². The van der Waals surface area contributed by atoms with Crippen LogP contribution in [-0.4, -0.2) is 49.0 Å². The molecule has 8 heteroatoms. The standard InChI is InChI=1S/C18H28N4O3S/c1-5-22(6-2)26(23,24)16-10-7-15(8-11-16)9-12-18-20-17(21-25-18)13-14(3)19-4/h7-8,10-11,14,19H,5-6,9,12-13H2,1-4H3. The number of rotatable bonds is 10. The van der Waals surface area contributed by atoms with Crippen LogP contribution in [-0.2, 0) is 29.3 Å². The molecule has 0 aliphatic carbocycles. The second kappa shape index (κ2) is 9.25. The molecule has 0 spiro atoms. The summed E-state index contributed by atoms with van der Waals surface area (Å²) in [7, 11) is -1.51. The molecule has 1 heterocycles. The maximum absolute atomic E-state index is 12.5. The minimum Gasteiger partial charge on any atom is -0.339 e. The molecule has 0 amide bonds. The van der Waals surface area contributed by atoms with Crippen molar-refractivity contribution in [3.63, 3.8) is 0 Å². The summed E-state index contributed by atoms with van der Waals surface area (Å²) < 4.78 is 31.7. The van der Waals surface area contributed by atoms with E-state index in [9.17, 15) is 8.42 Å². The van der Waals surface area contributed by atoms with Crippen LogP contribution in [0.2, 0.25) is 0 Å². The Kier molecular flexibility index (Phi) is 7.31. The largest absolute Gasteiger partial charge is 0.339 e. The Balaban J connectivity index is 1.97. The first-order valence-corrected chi connectivity index (χ1v) is 10.4. The maximum atomic E-state index is 12.5. The third kappa shape index (κ3) is 5.12. The quantitative estimate of drug-likeness (QED) is 0.678. The van der Waals surface area contributed by atoms with E-state index in [4.69, 9.17) is 4.52 Å². The molecule has 144 valence electrons. The van der Waals surface area contributed by atoms with E-state index < -0.39 is 10.0 Å². The Morgan fingerprint density at radius 2 is 1.81 bits per heavy atom. The Morgan fingerprint density at radius 3 is 2.38 bits per heavy atom. The summed E-state index contributed by atoms with van der Waals surface area (Å²) in [6.07, 6.45) is 2.07. The highest BCUT2D eigenvalue weighted by Crippen LogP contribution is 2.17. The number of benzene rings is 1. The van der Waals surface area contributed by atoms with Crippen LogP contribution in [0.1, 0.15) is 38.0 Å². The molecule has 0 bridgehead atoms. The topological polar surface area (TPSA) is 88.3 Å². The number of hydrogen-bond acceptors (Lipinski definition) is 6. The SMILES string of the molecule is CCN(CC)S(=O)(=O)c1ccc(CCc2nc(CC(C)NC)no2)cc1. The lowest BCUT2D eigenvalue weighted by Crippen LogP contribution is -2.30.